The molecule has 0 bridgehead atoms. The molecule has 0 atom stereocenters. The number of carbonyl (C=O) groups excluding carboxylic acids is 1. The fraction of sp³-hybridized carbons (Fsp3) is 0.308. The molecule has 11 nitrogen and oxygen atoms in total. The maximum atomic E-state index is 12.5. The van der Waals surface area contributed by atoms with Crippen molar-refractivity contribution in [2.24, 2.45) is 0 Å². The number of hydroxylamine groups is 1. The molecule has 0 saturated carbocycles. The smallest absolute Gasteiger partial charge is 0.375 e. The third kappa shape index (κ3) is 6.43. The summed E-state index contributed by atoms with van der Waals surface area (Å²) in [5, 5.41) is 9.16. The van der Waals surface area contributed by atoms with E-state index in [1.54, 1.807) is 10.8 Å². The van der Waals surface area contributed by atoms with Gasteiger partial charge in [-0.2, -0.15) is 10.2 Å². The van der Waals surface area contributed by atoms with Gasteiger partial charge in [-0.3, -0.25) is 19.4 Å². The number of amides is 1. The molecule has 12 heteroatoms. The van der Waals surface area contributed by atoms with E-state index < -0.39 is 18.2 Å². The maximum absolute atomic E-state index is 12.5. The van der Waals surface area contributed by atoms with Crippen LogP contribution in [0.1, 0.15) is 29.5 Å². The third-order valence-electron chi connectivity index (χ3n) is 6.32. The number of hydrogen-bond donors (Lipinski definition) is 2. The number of carbonyl (C=O) groups is 1. The summed E-state index contributed by atoms with van der Waals surface area (Å²) in [6, 6.07) is 13.3. The van der Waals surface area contributed by atoms with Gasteiger partial charge in [0.2, 0.25) is 5.91 Å². The summed E-state index contributed by atoms with van der Waals surface area (Å²) in [7, 11) is 0. The van der Waals surface area contributed by atoms with Crippen LogP contribution in [0.4, 0.5) is 0 Å². The largest absolute Gasteiger partial charge is 0.498 e. The first-order valence-electron chi connectivity index (χ1n) is 12.3. The summed E-state index contributed by atoms with van der Waals surface area (Å²) in [5.41, 5.74) is 5.40. The summed E-state index contributed by atoms with van der Waals surface area (Å²) in [5.74, 6) is -0.102. The Hall–Kier alpha value is -4.50. The Morgan fingerprint density at radius 2 is 1.89 bits per heavy atom. The SMILES string of the molecule is Cc1cc2nc3c(=O)[nH]c(=O)nc-3n(CCB(CCCC(=O)NOCc3ccccc3)OC#N)c2cc1C. The first-order chi connectivity index (χ1) is 18.4. The zero-order valence-corrected chi connectivity index (χ0v) is 21.2. The standard InChI is InChI=1S/C26H27BN6O5/c1-17-13-20-21(14-18(17)2)33(24-23(29-20)25(35)31-26(36)30-24)12-11-27(37-16-28)10-6-9-22(34)32-38-15-19-7-4-3-5-8-19/h3-5,7-8,13-14H,6,9-12,15H2,1-2H3,(H,32,34)(H,31,35,36). The Labute approximate surface area is 218 Å². The van der Waals surface area contributed by atoms with Crippen molar-refractivity contribution in [2.75, 3.05) is 0 Å². The highest BCUT2D eigenvalue weighted by Crippen LogP contribution is 2.24. The van der Waals surface area contributed by atoms with Crippen molar-refractivity contribution in [3.05, 3.63) is 80.0 Å². The number of nitriles is 1. The van der Waals surface area contributed by atoms with Crippen LogP contribution in [0.25, 0.3) is 22.6 Å². The highest BCUT2D eigenvalue weighted by molar-refractivity contribution is 6.52. The van der Waals surface area contributed by atoms with Crippen molar-refractivity contribution < 1.29 is 14.3 Å². The van der Waals surface area contributed by atoms with Crippen molar-refractivity contribution in [2.45, 2.75) is 52.5 Å². The summed E-state index contributed by atoms with van der Waals surface area (Å²) >= 11 is 0. The molecule has 0 spiro atoms. The molecule has 0 fully saturated rings. The second kappa shape index (κ2) is 12.2. The number of hydrogen-bond acceptors (Lipinski definition) is 8. The lowest BCUT2D eigenvalue weighted by Gasteiger charge is -2.19. The number of aromatic nitrogens is 4. The average Bonchev–Trinajstić information content (AvgIpc) is 2.88. The second-order valence-corrected chi connectivity index (χ2v) is 9.04. The summed E-state index contributed by atoms with van der Waals surface area (Å²) in [6.07, 6.45) is 3.23. The molecule has 2 aliphatic heterocycles. The van der Waals surface area contributed by atoms with E-state index in [9.17, 15) is 14.4 Å². The van der Waals surface area contributed by atoms with Crippen molar-refractivity contribution in [3.63, 3.8) is 0 Å². The predicted molar refractivity (Wildman–Crippen MR) is 141 cm³/mol. The Morgan fingerprint density at radius 3 is 2.66 bits per heavy atom. The summed E-state index contributed by atoms with van der Waals surface area (Å²) in [6.45, 7) is 4.01. The number of rotatable bonds is 11. The molecule has 2 heterocycles. The molecule has 1 amide bonds. The minimum atomic E-state index is -0.758. The number of benzene rings is 2. The van der Waals surface area contributed by atoms with E-state index in [2.05, 4.69) is 20.4 Å². The molecule has 0 radical (unpaired) electrons. The Morgan fingerprint density at radius 1 is 1.13 bits per heavy atom. The first kappa shape index (κ1) is 26.6. The van der Waals surface area contributed by atoms with Crippen LogP contribution in [0.3, 0.4) is 0 Å². The highest BCUT2D eigenvalue weighted by atomic mass is 16.6. The van der Waals surface area contributed by atoms with E-state index in [-0.39, 0.29) is 30.5 Å². The Bertz CT molecular complexity index is 1560. The van der Waals surface area contributed by atoms with E-state index in [0.29, 0.717) is 36.6 Å². The summed E-state index contributed by atoms with van der Waals surface area (Å²) in [4.78, 5) is 52.5. The van der Waals surface area contributed by atoms with Gasteiger partial charge in [0.15, 0.2) is 11.5 Å². The zero-order chi connectivity index (χ0) is 27.1. The van der Waals surface area contributed by atoms with Gasteiger partial charge in [0.05, 0.1) is 17.6 Å². The predicted octanol–water partition coefficient (Wildman–Crippen LogP) is 2.72. The number of aromatic amines is 1. The number of nitrogens with zero attached hydrogens (tertiary/aromatic N) is 4. The molecule has 2 aromatic rings. The van der Waals surface area contributed by atoms with E-state index >= 15 is 0 Å². The van der Waals surface area contributed by atoms with Crippen LogP contribution in [0, 0.1) is 25.4 Å². The molecule has 38 heavy (non-hydrogen) atoms. The van der Waals surface area contributed by atoms with Crippen molar-refractivity contribution in [3.8, 4) is 17.8 Å². The quantitative estimate of drug-likeness (QED) is 0.134. The topological polar surface area (TPSA) is 152 Å². The average molecular weight is 514 g/mol. The Kier molecular flexibility index (Phi) is 8.50. The van der Waals surface area contributed by atoms with Crippen LogP contribution < -0.4 is 16.7 Å². The summed E-state index contributed by atoms with van der Waals surface area (Å²) < 4.78 is 7.03. The lowest BCUT2D eigenvalue weighted by molar-refractivity contribution is -0.134. The maximum Gasteiger partial charge on any atom is 0.375 e. The number of nitrogens with one attached hydrogen (secondary N) is 2. The van der Waals surface area contributed by atoms with Gasteiger partial charge >= 0.3 is 12.6 Å². The fourth-order valence-electron chi connectivity index (χ4n) is 4.20. The van der Waals surface area contributed by atoms with Crippen LogP contribution >= 0.6 is 0 Å². The monoisotopic (exact) mass is 514 g/mol. The zero-order valence-electron chi connectivity index (χ0n) is 21.2. The van der Waals surface area contributed by atoms with E-state index in [4.69, 9.17) is 14.8 Å². The van der Waals surface area contributed by atoms with Gasteiger partial charge in [-0.15, -0.1) is 0 Å². The molecule has 4 rings (SSSR count). The number of fused-ring (bicyclic) bond motifs is 2. The molecule has 0 aromatic heterocycles. The number of aryl methyl sites for hydroxylation is 3. The second-order valence-electron chi connectivity index (χ2n) is 9.04. The Balaban J connectivity index is 1.43. The molecule has 194 valence electrons. The van der Waals surface area contributed by atoms with Crippen molar-refractivity contribution >= 4 is 23.9 Å². The number of H-pyrrole nitrogens is 1. The van der Waals surface area contributed by atoms with Crippen LogP contribution in [0.15, 0.2) is 52.1 Å². The molecule has 0 aliphatic carbocycles. The highest BCUT2D eigenvalue weighted by Gasteiger charge is 2.23. The van der Waals surface area contributed by atoms with Crippen molar-refractivity contribution in [1.82, 2.24) is 25.0 Å². The normalized spacial score (nSPS) is 10.9. The minimum Gasteiger partial charge on any atom is -0.498 e. The van der Waals surface area contributed by atoms with Crippen LogP contribution in [0.2, 0.25) is 12.6 Å². The lowest BCUT2D eigenvalue weighted by Crippen LogP contribution is -2.29. The minimum absolute atomic E-state index is 0.0604. The molecule has 2 aliphatic rings. The van der Waals surface area contributed by atoms with E-state index in [1.165, 1.54) is 0 Å². The van der Waals surface area contributed by atoms with E-state index in [1.807, 2.05) is 56.3 Å². The van der Waals surface area contributed by atoms with Gasteiger partial charge in [-0.25, -0.2) is 15.3 Å². The van der Waals surface area contributed by atoms with Crippen LogP contribution in [0.5, 0.6) is 0 Å². The fourth-order valence-corrected chi connectivity index (χ4v) is 4.20. The molecular formula is C26H27BN6O5. The van der Waals surface area contributed by atoms with E-state index in [0.717, 1.165) is 16.7 Å². The van der Waals surface area contributed by atoms with Gasteiger partial charge < -0.3 is 9.22 Å². The van der Waals surface area contributed by atoms with Gasteiger partial charge in [0.1, 0.15) is 0 Å². The molecule has 2 N–H and O–H groups in total. The van der Waals surface area contributed by atoms with Gasteiger partial charge in [0.25, 0.3) is 11.8 Å². The van der Waals surface area contributed by atoms with Gasteiger partial charge in [-0.1, -0.05) is 30.3 Å². The van der Waals surface area contributed by atoms with Gasteiger partial charge in [0, 0.05) is 13.0 Å². The molecule has 2 aromatic carbocycles. The molecule has 0 unspecified atom stereocenters. The van der Waals surface area contributed by atoms with Crippen molar-refractivity contribution in [1.29, 1.82) is 5.26 Å². The third-order valence-corrected chi connectivity index (χ3v) is 6.32. The van der Waals surface area contributed by atoms with Crippen LogP contribution in [-0.2, 0) is 27.4 Å². The molecular weight excluding hydrogens is 487 g/mol. The van der Waals surface area contributed by atoms with Gasteiger partial charge in [-0.05, 0) is 61.7 Å². The van der Waals surface area contributed by atoms with Crippen LogP contribution in [-0.4, -0.2) is 32.3 Å². The molecule has 0 saturated heterocycles. The first-order valence-corrected chi connectivity index (χ1v) is 12.3. The lowest BCUT2D eigenvalue weighted by atomic mass is 9.60.